The van der Waals surface area contributed by atoms with E-state index in [1.165, 1.54) is 18.2 Å². The molecular formula is C14H10F3NO4S. The van der Waals surface area contributed by atoms with Crippen LogP contribution in [0.25, 0.3) is 6.08 Å². The monoisotopic (exact) mass is 345 g/mol. The van der Waals surface area contributed by atoms with E-state index in [9.17, 15) is 27.6 Å². The Hall–Kier alpha value is -2.29. The molecule has 1 fully saturated rings. The fraction of sp³-hybridized carbons (Fsp3) is 0.214. The molecule has 1 saturated heterocycles. The average molecular weight is 345 g/mol. The number of amides is 2. The maximum atomic E-state index is 12.7. The predicted molar refractivity (Wildman–Crippen MR) is 76.1 cm³/mol. The molecule has 0 saturated carbocycles. The second-order valence-electron chi connectivity index (χ2n) is 4.47. The van der Waals surface area contributed by atoms with Crippen molar-refractivity contribution in [1.82, 2.24) is 4.90 Å². The van der Waals surface area contributed by atoms with Gasteiger partial charge in [0, 0.05) is 0 Å². The zero-order chi connectivity index (χ0) is 17.2. The van der Waals surface area contributed by atoms with Gasteiger partial charge in [-0.2, -0.15) is 13.2 Å². The summed E-state index contributed by atoms with van der Waals surface area (Å²) in [5.74, 6) is -1.52. The highest BCUT2D eigenvalue weighted by Crippen LogP contribution is 2.34. The van der Waals surface area contributed by atoms with Crippen molar-refractivity contribution in [1.29, 1.82) is 0 Å². The van der Waals surface area contributed by atoms with E-state index < -0.39 is 35.4 Å². The van der Waals surface area contributed by atoms with E-state index in [0.29, 0.717) is 16.7 Å². The molecule has 1 aliphatic rings. The first-order valence-electron chi connectivity index (χ1n) is 6.22. The van der Waals surface area contributed by atoms with E-state index in [-0.39, 0.29) is 10.5 Å². The third-order valence-corrected chi connectivity index (χ3v) is 3.81. The molecule has 1 aromatic rings. The second kappa shape index (κ2) is 6.45. The number of carbonyl (C=O) groups excluding carboxylic acids is 3. The molecule has 23 heavy (non-hydrogen) atoms. The van der Waals surface area contributed by atoms with Gasteiger partial charge in [-0.25, -0.2) is 0 Å². The summed E-state index contributed by atoms with van der Waals surface area (Å²) in [5, 5.41) is -0.682. The minimum absolute atomic E-state index is 0.0572. The van der Waals surface area contributed by atoms with Gasteiger partial charge in [0.1, 0.15) is 6.54 Å². The summed E-state index contributed by atoms with van der Waals surface area (Å²) in [7, 11) is 1.11. The lowest BCUT2D eigenvalue weighted by atomic mass is 10.1. The van der Waals surface area contributed by atoms with E-state index >= 15 is 0 Å². The lowest BCUT2D eigenvalue weighted by Crippen LogP contribution is -2.34. The first kappa shape index (κ1) is 17.1. The lowest BCUT2D eigenvalue weighted by Gasteiger charge is -2.09. The van der Waals surface area contributed by atoms with Gasteiger partial charge >= 0.3 is 12.1 Å². The maximum absolute atomic E-state index is 12.7. The molecule has 9 heteroatoms. The summed E-state index contributed by atoms with van der Waals surface area (Å²) in [5.41, 5.74) is -0.733. The van der Waals surface area contributed by atoms with Crippen LogP contribution in [0, 0.1) is 0 Å². The smallest absolute Gasteiger partial charge is 0.416 e. The summed E-state index contributed by atoms with van der Waals surface area (Å²) >= 11 is 0.552. The molecule has 1 heterocycles. The molecular weight excluding hydrogens is 335 g/mol. The van der Waals surface area contributed by atoms with Crippen molar-refractivity contribution in [2.75, 3.05) is 13.7 Å². The molecule has 5 nitrogen and oxygen atoms in total. The molecule has 1 aromatic carbocycles. The Morgan fingerprint density at radius 3 is 2.65 bits per heavy atom. The van der Waals surface area contributed by atoms with E-state index in [1.807, 2.05) is 0 Å². The Bertz CT molecular complexity index is 700. The third-order valence-electron chi connectivity index (χ3n) is 2.90. The van der Waals surface area contributed by atoms with Crippen molar-refractivity contribution in [3.63, 3.8) is 0 Å². The number of methoxy groups -OCH3 is 1. The standard InChI is InChI=1S/C14H10F3NO4S/c1-22-11(19)7-18-12(20)10(23-13(18)21)6-8-3-2-4-9(5-8)14(15,16)17/h2-6H,7H2,1H3/b10-6-. The van der Waals surface area contributed by atoms with Gasteiger partial charge in [0.05, 0.1) is 17.6 Å². The number of hydrogen-bond donors (Lipinski definition) is 0. The minimum atomic E-state index is -4.51. The van der Waals surface area contributed by atoms with Crippen LogP contribution in [0.4, 0.5) is 18.0 Å². The number of alkyl halides is 3. The number of esters is 1. The molecule has 0 N–H and O–H groups in total. The van der Waals surface area contributed by atoms with Crippen LogP contribution in [0.5, 0.6) is 0 Å². The lowest BCUT2D eigenvalue weighted by molar-refractivity contribution is -0.143. The molecule has 1 aliphatic heterocycles. The summed E-state index contributed by atoms with van der Waals surface area (Å²) in [6, 6.07) is 4.35. The molecule has 0 aromatic heterocycles. The van der Waals surface area contributed by atoms with Crippen molar-refractivity contribution in [2.24, 2.45) is 0 Å². The molecule has 122 valence electrons. The van der Waals surface area contributed by atoms with Gasteiger partial charge in [0.2, 0.25) is 0 Å². The van der Waals surface area contributed by atoms with Crippen LogP contribution in [-0.4, -0.2) is 35.7 Å². The number of carbonyl (C=O) groups is 3. The summed E-state index contributed by atoms with van der Waals surface area (Å²) in [4.78, 5) is 35.5. The molecule has 0 aliphatic carbocycles. The molecule has 0 atom stereocenters. The second-order valence-corrected chi connectivity index (χ2v) is 5.46. The van der Waals surface area contributed by atoms with Crippen LogP contribution in [0.1, 0.15) is 11.1 Å². The zero-order valence-corrected chi connectivity index (χ0v) is 12.5. The van der Waals surface area contributed by atoms with E-state index in [0.717, 1.165) is 19.2 Å². The van der Waals surface area contributed by atoms with Crippen LogP contribution >= 0.6 is 11.8 Å². The quantitative estimate of drug-likeness (QED) is 0.623. The van der Waals surface area contributed by atoms with Gasteiger partial charge in [0.25, 0.3) is 11.1 Å². The summed E-state index contributed by atoms with van der Waals surface area (Å²) in [6.45, 7) is -0.541. The largest absolute Gasteiger partial charge is 0.468 e. The van der Waals surface area contributed by atoms with Gasteiger partial charge < -0.3 is 4.74 Å². The molecule has 0 radical (unpaired) electrons. The fourth-order valence-electron chi connectivity index (χ4n) is 1.79. The zero-order valence-electron chi connectivity index (χ0n) is 11.7. The third kappa shape index (κ3) is 3.92. The molecule has 0 spiro atoms. The highest BCUT2D eigenvalue weighted by atomic mass is 32.2. The van der Waals surface area contributed by atoms with Gasteiger partial charge in [-0.05, 0) is 35.5 Å². The Balaban J connectivity index is 2.26. The molecule has 0 unspecified atom stereocenters. The number of hydrogen-bond acceptors (Lipinski definition) is 5. The maximum Gasteiger partial charge on any atom is 0.416 e. The van der Waals surface area contributed by atoms with E-state index in [4.69, 9.17) is 0 Å². The number of benzene rings is 1. The van der Waals surface area contributed by atoms with Gasteiger partial charge in [-0.15, -0.1) is 0 Å². The van der Waals surface area contributed by atoms with Gasteiger partial charge in [-0.1, -0.05) is 12.1 Å². The molecule has 2 amide bonds. The first-order chi connectivity index (χ1) is 10.7. The summed E-state index contributed by atoms with van der Waals surface area (Å²) in [6.07, 6.45) is -3.33. The van der Waals surface area contributed by atoms with Crippen LogP contribution in [0.2, 0.25) is 0 Å². The normalized spacial score (nSPS) is 17.0. The number of nitrogens with zero attached hydrogens (tertiary/aromatic N) is 1. The van der Waals surface area contributed by atoms with Crippen molar-refractivity contribution in [3.05, 3.63) is 40.3 Å². The SMILES string of the molecule is COC(=O)CN1C(=O)S/C(=C\c2cccc(C(F)(F)F)c2)C1=O. The van der Waals surface area contributed by atoms with Crippen molar-refractivity contribution in [3.8, 4) is 0 Å². The predicted octanol–water partition coefficient (Wildman–Crippen LogP) is 2.91. The number of thioether (sulfide) groups is 1. The highest BCUT2D eigenvalue weighted by molar-refractivity contribution is 8.18. The summed E-state index contributed by atoms with van der Waals surface area (Å²) < 4.78 is 42.4. The minimum Gasteiger partial charge on any atom is -0.468 e. The van der Waals surface area contributed by atoms with E-state index in [2.05, 4.69) is 4.74 Å². The Morgan fingerprint density at radius 1 is 1.35 bits per heavy atom. The fourth-order valence-corrected chi connectivity index (χ4v) is 2.62. The van der Waals surface area contributed by atoms with Crippen molar-refractivity contribution in [2.45, 2.75) is 6.18 Å². The highest BCUT2D eigenvalue weighted by Gasteiger charge is 2.36. The average Bonchev–Trinajstić information content (AvgIpc) is 2.74. The van der Waals surface area contributed by atoms with Crippen LogP contribution in [0.15, 0.2) is 29.2 Å². The van der Waals surface area contributed by atoms with Crippen LogP contribution in [0.3, 0.4) is 0 Å². The van der Waals surface area contributed by atoms with E-state index in [1.54, 1.807) is 0 Å². The van der Waals surface area contributed by atoms with Crippen molar-refractivity contribution < 1.29 is 32.3 Å². The number of rotatable bonds is 3. The van der Waals surface area contributed by atoms with Crippen LogP contribution < -0.4 is 0 Å². The first-order valence-corrected chi connectivity index (χ1v) is 7.03. The topological polar surface area (TPSA) is 63.7 Å². The Kier molecular flexibility index (Phi) is 4.79. The Morgan fingerprint density at radius 2 is 2.04 bits per heavy atom. The number of ether oxygens (including phenoxy) is 1. The van der Waals surface area contributed by atoms with Crippen molar-refractivity contribution >= 4 is 35.0 Å². The van der Waals surface area contributed by atoms with Gasteiger partial charge in [0.15, 0.2) is 0 Å². The number of halogens is 3. The van der Waals surface area contributed by atoms with Crippen LogP contribution in [-0.2, 0) is 20.5 Å². The molecule has 2 rings (SSSR count). The Labute approximate surface area is 133 Å². The van der Waals surface area contributed by atoms with Gasteiger partial charge in [-0.3, -0.25) is 19.3 Å². The number of imide groups is 1. The molecule has 0 bridgehead atoms.